The summed E-state index contributed by atoms with van der Waals surface area (Å²) in [5, 5.41) is 9.78. The zero-order valence-corrected chi connectivity index (χ0v) is 9.61. The van der Waals surface area contributed by atoms with Crippen molar-refractivity contribution in [1.29, 1.82) is 0 Å². The van der Waals surface area contributed by atoms with E-state index in [4.69, 9.17) is 0 Å². The third-order valence-corrected chi connectivity index (χ3v) is 4.19. The zero-order chi connectivity index (χ0) is 10.8. The molecule has 1 N–H and O–H groups in total. The van der Waals surface area contributed by atoms with Gasteiger partial charge in [-0.15, -0.1) is 0 Å². The standard InChI is InChI=1S/C13H22O2/c1-2-9-3-5-10(6-4-9)12(14)13(15)11-7-8-11/h9-11,13,15H,2-8H2,1H3. The van der Waals surface area contributed by atoms with Crippen LogP contribution in [0.3, 0.4) is 0 Å². The highest BCUT2D eigenvalue weighted by molar-refractivity contribution is 5.85. The van der Waals surface area contributed by atoms with E-state index in [1.807, 2.05) is 0 Å². The highest BCUT2D eigenvalue weighted by atomic mass is 16.3. The molecule has 0 amide bonds. The van der Waals surface area contributed by atoms with Gasteiger partial charge in [-0.3, -0.25) is 4.79 Å². The molecule has 2 rings (SSSR count). The van der Waals surface area contributed by atoms with Gasteiger partial charge >= 0.3 is 0 Å². The fourth-order valence-corrected chi connectivity index (χ4v) is 2.74. The van der Waals surface area contributed by atoms with Crippen LogP contribution in [0.2, 0.25) is 0 Å². The Balaban J connectivity index is 1.81. The smallest absolute Gasteiger partial charge is 0.164 e. The average Bonchev–Trinajstić information content (AvgIpc) is 3.11. The lowest BCUT2D eigenvalue weighted by Gasteiger charge is -2.28. The van der Waals surface area contributed by atoms with Crippen molar-refractivity contribution in [2.45, 2.75) is 58.0 Å². The van der Waals surface area contributed by atoms with Gasteiger partial charge in [0.2, 0.25) is 0 Å². The van der Waals surface area contributed by atoms with Crippen LogP contribution in [0.25, 0.3) is 0 Å². The molecule has 0 heterocycles. The molecule has 2 heteroatoms. The summed E-state index contributed by atoms with van der Waals surface area (Å²) >= 11 is 0. The fraction of sp³-hybridized carbons (Fsp3) is 0.923. The molecule has 2 nitrogen and oxygen atoms in total. The second-order valence-corrected chi connectivity index (χ2v) is 5.31. The van der Waals surface area contributed by atoms with Crippen LogP contribution < -0.4 is 0 Å². The Morgan fingerprint density at radius 2 is 1.80 bits per heavy atom. The number of rotatable bonds is 4. The summed E-state index contributed by atoms with van der Waals surface area (Å²) in [6.45, 7) is 2.23. The van der Waals surface area contributed by atoms with Crippen LogP contribution in [0.1, 0.15) is 51.9 Å². The summed E-state index contributed by atoms with van der Waals surface area (Å²) in [5.74, 6) is 1.45. The Labute approximate surface area is 92.1 Å². The van der Waals surface area contributed by atoms with E-state index in [-0.39, 0.29) is 11.7 Å². The minimum atomic E-state index is -0.631. The summed E-state index contributed by atoms with van der Waals surface area (Å²) in [5.41, 5.74) is 0. The number of hydrogen-bond donors (Lipinski definition) is 1. The van der Waals surface area contributed by atoms with Crippen LogP contribution in [0.5, 0.6) is 0 Å². The van der Waals surface area contributed by atoms with E-state index in [1.165, 1.54) is 19.3 Å². The van der Waals surface area contributed by atoms with Gasteiger partial charge in [0, 0.05) is 5.92 Å². The largest absolute Gasteiger partial charge is 0.385 e. The summed E-state index contributed by atoms with van der Waals surface area (Å²) in [7, 11) is 0. The van der Waals surface area contributed by atoms with Gasteiger partial charge < -0.3 is 5.11 Å². The molecule has 2 saturated carbocycles. The molecule has 86 valence electrons. The Hall–Kier alpha value is -0.370. The van der Waals surface area contributed by atoms with Crippen molar-refractivity contribution in [3.05, 3.63) is 0 Å². The molecule has 0 aromatic carbocycles. The third-order valence-electron chi connectivity index (χ3n) is 4.19. The quantitative estimate of drug-likeness (QED) is 0.774. The number of hydrogen-bond acceptors (Lipinski definition) is 2. The van der Waals surface area contributed by atoms with Gasteiger partial charge in [0.25, 0.3) is 0 Å². The molecular formula is C13H22O2. The fourth-order valence-electron chi connectivity index (χ4n) is 2.74. The Kier molecular flexibility index (Phi) is 3.45. The van der Waals surface area contributed by atoms with Crippen molar-refractivity contribution in [3.63, 3.8) is 0 Å². The van der Waals surface area contributed by atoms with Gasteiger partial charge in [0.1, 0.15) is 6.10 Å². The number of carbonyl (C=O) groups excluding carboxylic acids is 1. The van der Waals surface area contributed by atoms with Gasteiger partial charge in [-0.1, -0.05) is 13.3 Å². The highest BCUT2D eigenvalue weighted by Gasteiger charge is 2.38. The van der Waals surface area contributed by atoms with Crippen molar-refractivity contribution < 1.29 is 9.90 Å². The molecule has 0 aromatic heterocycles. The first-order valence-corrected chi connectivity index (χ1v) is 6.44. The number of aliphatic hydroxyl groups excluding tert-OH is 1. The van der Waals surface area contributed by atoms with Crippen LogP contribution in [0.4, 0.5) is 0 Å². The van der Waals surface area contributed by atoms with Crippen molar-refractivity contribution in [3.8, 4) is 0 Å². The van der Waals surface area contributed by atoms with Gasteiger partial charge in [-0.25, -0.2) is 0 Å². The van der Waals surface area contributed by atoms with E-state index < -0.39 is 6.10 Å². The average molecular weight is 210 g/mol. The molecule has 0 radical (unpaired) electrons. The monoisotopic (exact) mass is 210 g/mol. The summed E-state index contributed by atoms with van der Waals surface area (Å²) in [4.78, 5) is 11.9. The minimum absolute atomic E-state index is 0.145. The van der Waals surface area contributed by atoms with Gasteiger partial charge in [0.05, 0.1) is 0 Å². The van der Waals surface area contributed by atoms with Gasteiger partial charge in [-0.05, 0) is 50.4 Å². The third kappa shape index (κ3) is 2.60. The van der Waals surface area contributed by atoms with Crippen molar-refractivity contribution in [1.82, 2.24) is 0 Å². The van der Waals surface area contributed by atoms with Crippen molar-refractivity contribution >= 4 is 5.78 Å². The molecule has 0 bridgehead atoms. The number of aliphatic hydroxyl groups is 1. The van der Waals surface area contributed by atoms with E-state index in [9.17, 15) is 9.90 Å². The highest BCUT2D eigenvalue weighted by Crippen LogP contribution is 2.37. The number of ketones is 1. The first-order chi connectivity index (χ1) is 7.22. The minimum Gasteiger partial charge on any atom is -0.385 e. The maximum Gasteiger partial charge on any atom is 0.164 e. The SMILES string of the molecule is CCC1CCC(C(=O)C(O)C2CC2)CC1. The van der Waals surface area contributed by atoms with E-state index in [0.717, 1.165) is 31.6 Å². The Morgan fingerprint density at radius 3 is 2.27 bits per heavy atom. The van der Waals surface area contributed by atoms with Gasteiger partial charge in [-0.2, -0.15) is 0 Å². The van der Waals surface area contributed by atoms with E-state index in [2.05, 4.69) is 6.92 Å². The Morgan fingerprint density at radius 1 is 1.20 bits per heavy atom. The normalized spacial score (nSPS) is 33.7. The van der Waals surface area contributed by atoms with E-state index in [0.29, 0.717) is 5.92 Å². The van der Waals surface area contributed by atoms with Crippen LogP contribution in [-0.4, -0.2) is 17.0 Å². The molecule has 15 heavy (non-hydrogen) atoms. The van der Waals surface area contributed by atoms with Crippen LogP contribution in [-0.2, 0) is 4.79 Å². The summed E-state index contributed by atoms with van der Waals surface area (Å²) in [6.07, 6.45) is 7.12. The summed E-state index contributed by atoms with van der Waals surface area (Å²) < 4.78 is 0. The van der Waals surface area contributed by atoms with Crippen molar-refractivity contribution in [2.75, 3.05) is 0 Å². The molecule has 2 aliphatic rings. The molecule has 0 aliphatic heterocycles. The molecule has 1 unspecified atom stereocenters. The predicted molar refractivity (Wildman–Crippen MR) is 59.5 cm³/mol. The molecular weight excluding hydrogens is 188 g/mol. The maximum atomic E-state index is 11.9. The molecule has 0 aromatic rings. The van der Waals surface area contributed by atoms with Crippen LogP contribution in [0, 0.1) is 17.8 Å². The van der Waals surface area contributed by atoms with Gasteiger partial charge in [0.15, 0.2) is 5.78 Å². The second kappa shape index (κ2) is 4.65. The predicted octanol–water partition coefficient (Wildman–Crippen LogP) is 2.54. The van der Waals surface area contributed by atoms with Crippen molar-refractivity contribution in [2.24, 2.45) is 17.8 Å². The van der Waals surface area contributed by atoms with E-state index >= 15 is 0 Å². The first kappa shape index (κ1) is 11.1. The molecule has 2 aliphatic carbocycles. The number of Topliss-reactive ketones (excluding diaryl/α,β-unsaturated/α-hetero) is 1. The lowest BCUT2D eigenvalue weighted by Crippen LogP contribution is -2.32. The zero-order valence-electron chi connectivity index (χ0n) is 9.61. The van der Waals surface area contributed by atoms with Crippen LogP contribution >= 0.6 is 0 Å². The maximum absolute atomic E-state index is 11.9. The molecule has 1 atom stereocenters. The second-order valence-electron chi connectivity index (χ2n) is 5.31. The molecule has 0 saturated heterocycles. The Bertz CT molecular complexity index is 225. The topological polar surface area (TPSA) is 37.3 Å². The lowest BCUT2D eigenvalue weighted by atomic mass is 9.77. The van der Waals surface area contributed by atoms with E-state index in [1.54, 1.807) is 0 Å². The number of carbonyl (C=O) groups is 1. The molecule has 0 spiro atoms. The van der Waals surface area contributed by atoms with Crippen LogP contribution in [0.15, 0.2) is 0 Å². The summed E-state index contributed by atoms with van der Waals surface area (Å²) in [6, 6.07) is 0. The molecule has 2 fully saturated rings. The lowest BCUT2D eigenvalue weighted by molar-refractivity contribution is -0.133. The first-order valence-electron chi connectivity index (χ1n) is 6.44.